The minimum absolute atomic E-state index is 0. The predicted octanol–water partition coefficient (Wildman–Crippen LogP) is 4.29. The summed E-state index contributed by atoms with van der Waals surface area (Å²) in [6, 6.07) is 8.05. The van der Waals surface area contributed by atoms with Gasteiger partial charge in [0.25, 0.3) is 0 Å². The maximum Gasteiger partial charge on any atom is 0.336 e. The molecule has 1 aromatic heterocycles. The number of rotatable bonds is 1. The Kier molecular flexibility index (Phi) is 5.18. The summed E-state index contributed by atoms with van der Waals surface area (Å²) in [5, 5.41) is 11.2. The Morgan fingerprint density at radius 2 is 1.96 bits per heavy atom. The molecule has 0 amide bonds. The first kappa shape index (κ1) is 18.0. The summed E-state index contributed by atoms with van der Waals surface area (Å²) in [6.45, 7) is 2.39. The van der Waals surface area contributed by atoms with Crippen LogP contribution in [-0.4, -0.2) is 36.1 Å². The summed E-state index contributed by atoms with van der Waals surface area (Å²) in [4.78, 5) is 15.0. The van der Waals surface area contributed by atoms with Crippen molar-refractivity contribution >= 4 is 35.3 Å². The second-order valence-corrected chi connectivity index (χ2v) is 7.21. The quantitative estimate of drug-likeness (QED) is 0.805. The summed E-state index contributed by atoms with van der Waals surface area (Å²) in [6.07, 6.45) is 2.03. The number of piperidine rings is 1. The van der Waals surface area contributed by atoms with Gasteiger partial charge < -0.3 is 14.7 Å². The molecule has 0 aliphatic carbocycles. The molecule has 4 nitrogen and oxygen atoms in total. The van der Waals surface area contributed by atoms with Crippen LogP contribution < -0.4 is 4.74 Å². The molecule has 0 saturated carbocycles. The van der Waals surface area contributed by atoms with Crippen LogP contribution in [-0.2, 0) is 6.61 Å². The van der Waals surface area contributed by atoms with Gasteiger partial charge in [-0.15, -0.1) is 23.7 Å². The van der Waals surface area contributed by atoms with E-state index < -0.39 is 5.97 Å². The maximum atomic E-state index is 11.6. The van der Waals surface area contributed by atoms with Gasteiger partial charge in [0.05, 0.1) is 5.56 Å². The Bertz CT molecular complexity index is 833. The van der Waals surface area contributed by atoms with Crippen LogP contribution in [0.2, 0.25) is 0 Å². The van der Waals surface area contributed by atoms with E-state index in [0.29, 0.717) is 12.2 Å². The molecule has 1 N–H and O–H groups in total. The molecule has 132 valence electrons. The van der Waals surface area contributed by atoms with Gasteiger partial charge in [-0.1, -0.05) is 23.8 Å². The highest BCUT2D eigenvalue weighted by Gasteiger charge is 2.28. The van der Waals surface area contributed by atoms with E-state index in [2.05, 4.69) is 18.0 Å². The number of hydrogen-bond donors (Lipinski definition) is 1. The molecule has 25 heavy (non-hydrogen) atoms. The van der Waals surface area contributed by atoms with Crippen LogP contribution >= 0.6 is 23.7 Å². The molecule has 0 atom stereocenters. The van der Waals surface area contributed by atoms with Gasteiger partial charge in [0.1, 0.15) is 12.4 Å². The number of fused-ring (bicyclic) bond motifs is 2. The van der Waals surface area contributed by atoms with E-state index >= 15 is 0 Å². The summed E-state index contributed by atoms with van der Waals surface area (Å²) >= 11 is 1.53. The summed E-state index contributed by atoms with van der Waals surface area (Å²) < 4.78 is 5.97. The van der Waals surface area contributed by atoms with Crippen molar-refractivity contribution in [1.82, 2.24) is 4.90 Å². The average Bonchev–Trinajstić information content (AvgIpc) is 2.93. The zero-order valence-corrected chi connectivity index (χ0v) is 15.6. The van der Waals surface area contributed by atoms with Gasteiger partial charge in [-0.25, -0.2) is 4.79 Å². The molecule has 2 aliphatic rings. The molecule has 6 heteroatoms. The van der Waals surface area contributed by atoms with Crippen LogP contribution in [0.25, 0.3) is 5.57 Å². The van der Waals surface area contributed by atoms with Crippen molar-refractivity contribution in [2.24, 2.45) is 0 Å². The number of thiophene rings is 1. The molecule has 0 unspecified atom stereocenters. The Morgan fingerprint density at radius 1 is 1.24 bits per heavy atom. The number of benzene rings is 1. The van der Waals surface area contributed by atoms with E-state index in [0.717, 1.165) is 47.7 Å². The Hall–Kier alpha value is -1.82. The molecule has 1 saturated heterocycles. The number of para-hydroxylation sites is 1. The molecule has 3 heterocycles. The van der Waals surface area contributed by atoms with E-state index in [1.54, 1.807) is 5.38 Å². The first-order valence-corrected chi connectivity index (χ1v) is 9.00. The molecule has 4 rings (SSSR count). The molecule has 1 aromatic carbocycles. The lowest BCUT2D eigenvalue weighted by atomic mass is 9.90. The van der Waals surface area contributed by atoms with Gasteiger partial charge >= 0.3 is 5.97 Å². The van der Waals surface area contributed by atoms with Gasteiger partial charge in [-0.2, -0.15) is 0 Å². The number of hydrogen-bond acceptors (Lipinski definition) is 4. The first-order valence-electron chi connectivity index (χ1n) is 8.12. The fourth-order valence-electron chi connectivity index (χ4n) is 3.48. The van der Waals surface area contributed by atoms with Gasteiger partial charge in [-0.05, 0) is 26.0 Å². The second-order valence-electron chi connectivity index (χ2n) is 6.33. The fraction of sp³-hybridized carbons (Fsp3) is 0.316. The maximum absolute atomic E-state index is 11.6. The molecule has 2 aliphatic heterocycles. The number of likely N-dealkylation sites (tertiary alicyclic amines) is 1. The first-order chi connectivity index (χ1) is 11.6. The number of nitrogens with zero attached hydrogens (tertiary/aromatic N) is 1. The smallest absolute Gasteiger partial charge is 0.336 e. The van der Waals surface area contributed by atoms with E-state index in [4.69, 9.17) is 4.74 Å². The van der Waals surface area contributed by atoms with Gasteiger partial charge in [0.2, 0.25) is 0 Å². The van der Waals surface area contributed by atoms with Gasteiger partial charge in [-0.3, -0.25) is 0 Å². The zero-order chi connectivity index (χ0) is 16.7. The highest BCUT2D eigenvalue weighted by atomic mass is 35.5. The Balaban J connectivity index is 0.00000182. The zero-order valence-electron chi connectivity index (χ0n) is 13.9. The third kappa shape index (κ3) is 3.19. The minimum atomic E-state index is -0.880. The number of carbonyl (C=O) groups is 1. The van der Waals surface area contributed by atoms with E-state index in [1.165, 1.54) is 22.5 Å². The highest BCUT2D eigenvalue weighted by molar-refractivity contribution is 7.11. The van der Waals surface area contributed by atoms with Crippen LogP contribution in [0.4, 0.5) is 0 Å². The number of ether oxygens (including phenoxy) is 1. The Labute approximate surface area is 157 Å². The molecule has 0 bridgehead atoms. The largest absolute Gasteiger partial charge is 0.488 e. The highest BCUT2D eigenvalue weighted by Crippen LogP contribution is 2.44. The van der Waals surface area contributed by atoms with Crippen molar-refractivity contribution in [2.45, 2.75) is 19.4 Å². The number of carboxylic acids is 1. The summed E-state index contributed by atoms with van der Waals surface area (Å²) in [7, 11) is 2.14. The lowest BCUT2D eigenvalue weighted by Crippen LogP contribution is -2.26. The van der Waals surface area contributed by atoms with Crippen molar-refractivity contribution in [3.8, 4) is 5.75 Å². The van der Waals surface area contributed by atoms with Crippen molar-refractivity contribution in [1.29, 1.82) is 0 Å². The lowest BCUT2D eigenvalue weighted by molar-refractivity contribution is 0.0694. The van der Waals surface area contributed by atoms with E-state index in [-0.39, 0.29) is 12.4 Å². The molecule has 2 aromatic rings. The second kappa shape index (κ2) is 7.20. The van der Waals surface area contributed by atoms with Gasteiger partial charge in [0.15, 0.2) is 0 Å². The number of halogens is 1. The molecular formula is C19H20ClNO3S. The van der Waals surface area contributed by atoms with Crippen LogP contribution in [0.3, 0.4) is 0 Å². The third-order valence-electron chi connectivity index (χ3n) is 4.82. The number of carboxylic acid groups (broad SMARTS) is 1. The monoisotopic (exact) mass is 377 g/mol. The van der Waals surface area contributed by atoms with E-state index in [9.17, 15) is 9.90 Å². The van der Waals surface area contributed by atoms with Crippen LogP contribution in [0, 0.1) is 0 Å². The van der Waals surface area contributed by atoms with Crippen molar-refractivity contribution in [3.63, 3.8) is 0 Å². The fourth-order valence-corrected chi connectivity index (χ4v) is 4.64. The van der Waals surface area contributed by atoms with Crippen molar-refractivity contribution < 1.29 is 14.6 Å². The summed E-state index contributed by atoms with van der Waals surface area (Å²) in [5.41, 5.74) is 4.88. The van der Waals surface area contributed by atoms with Crippen LogP contribution in [0.1, 0.15) is 39.2 Å². The molecule has 1 fully saturated rings. The van der Waals surface area contributed by atoms with Crippen molar-refractivity contribution in [2.75, 3.05) is 20.1 Å². The van der Waals surface area contributed by atoms with Crippen molar-refractivity contribution in [3.05, 3.63) is 56.8 Å². The van der Waals surface area contributed by atoms with Crippen LogP contribution in [0.5, 0.6) is 5.75 Å². The average molecular weight is 378 g/mol. The topological polar surface area (TPSA) is 49.8 Å². The van der Waals surface area contributed by atoms with Crippen LogP contribution in [0.15, 0.2) is 35.2 Å². The molecular weight excluding hydrogens is 358 g/mol. The van der Waals surface area contributed by atoms with E-state index in [1.807, 2.05) is 18.2 Å². The molecule has 0 spiro atoms. The minimum Gasteiger partial charge on any atom is -0.488 e. The third-order valence-corrected chi connectivity index (χ3v) is 5.86. The van der Waals surface area contributed by atoms with Gasteiger partial charge in [0, 0.05) is 40.0 Å². The number of aromatic carboxylic acids is 1. The Morgan fingerprint density at radius 3 is 2.68 bits per heavy atom. The lowest BCUT2D eigenvalue weighted by Gasteiger charge is -2.26. The SMILES string of the molecule is CN1CCC(=C2c3ccccc3OCc3c(C(=O)O)csc32)CC1.Cl. The normalized spacial score (nSPS) is 17.0. The predicted molar refractivity (Wildman–Crippen MR) is 102 cm³/mol. The molecule has 0 radical (unpaired) electrons. The summed E-state index contributed by atoms with van der Waals surface area (Å²) in [5.74, 6) is -0.0338. The standard InChI is InChI=1S/C19H19NO3S.ClH/c1-20-8-6-12(7-9-20)17-13-4-2-3-5-16(13)23-10-14-15(19(21)22)11-24-18(14)17;/h2-5,11H,6-10H2,1H3,(H,21,22);1H.